The largest absolute Gasteiger partial charge is 0.490 e. The van der Waals surface area contributed by atoms with Crippen molar-refractivity contribution in [3.05, 3.63) is 59.2 Å². The number of aryl methyl sites for hydroxylation is 2. The summed E-state index contributed by atoms with van der Waals surface area (Å²) in [6.07, 6.45) is 2.42. The van der Waals surface area contributed by atoms with E-state index in [4.69, 9.17) is 9.47 Å². The summed E-state index contributed by atoms with van der Waals surface area (Å²) in [5.74, 6) is 1.48. The average molecular weight is 383 g/mol. The van der Waals surface area contributed by atoms with Crippen molar-refractivity contribution in [1.29, 1.82) is 0 Å². The summed E-state index contributed by atoms with van der Waals surface area (Å²) in [5, 5.41) is 2.89. The van der Waals surface area contributed by atoms with Crippen LogP contribution in [0, 0.1) is 13.8 Å². The number of likely N-dealkylation sites (tertiary alicyclic amines) is 1. The van der Waals surface area contributed by atoms with Crippen LogP contribution in [0.4, 0.5) is 0 Å². The fraction of sp³-hybridized carbons (Fsp3) is 0.435. The minimum Gasteiger partial charge on any atom is -0.490 e. The number of hydrogen-bond donors (Lipinski definition) is 1. The maximum atomic E-state index is 12.1. The summed E-state index contributed by atoms with van der Waals surface area (Å²) in [5.41, 5.74) is 3.28. The molecule has 150 valence electrons. The van der Waals surface area contributed by atoms with E-state index >= 15 is 0 Å². The molecule has 3 rings (SSSR count). The normalized spacial score (nSPS) is 15.2. The molecule has 0 aromatic heterocycles. The number of benzene rings is 2. The van der Waals surface area contributed by atoms with Crippen LogP contribution in [-0.2, 0) is 11.3 Å². The summed E-state index contributed by atoms with van der Waals surface area (Å²) in [6.45, 7) is 6.68. The zero-order valence-electron chi connectivity index (χ0n) is 17.0. The van der Waals surface area contributed by atoms with E-state index in [9.17, 15) is 4.79 Å². The van der Waals surface area contributed by atoms with E-state index in [2.05, 4.69) is 23.3 Å². The van der Waals surface area contributed by atoms with Gasteiger partial charge in [-0.25, -0.2) is 0 Å². The number of rotatable bonds is 7. The van der Waals surface area contributed by atoms with Gasteiger partial charge in [-0.05, 0) is 74.7 Å². The predicted octanol–water partition coefficient (Wildman–Crippen LogP) is 3.47. The lowest BCUT2D eigenvalue weighted by atomic mass is 10.1. The van der Waals surface area contributed by atoms with Gasteiger partial charge in [0.05, 0.1) is 0 Å². The lowest BCUT2D eigenvalue weighted by Gasteiger charge is -2.29. The first-order valence-corrected chi connectivity index (χ1v) is 9.90. The summed E-state index contributed by atoms with van der Waals surface area (Å²) in [4.78, 5) is 14.4. The third-order valence-electron chi connectivity index (χ3n) is 4.95. The zero-order chi connectivity index (χ0) is 19.9. The lowest BCUT2D eigenvalue weighted by molar-refractivity contribution is -0.123. The van der Waals surface area contributed by atoms with Crippen molar-refractivity contribution in [2.45, 2.75) is 39.3 Å². The number of carbonyl (C=O) groups excluding carboxylic acids is 1. The zero-order valence-corrected chi connectivity index (χ0v) is 17.0. The van der Waals surface area contributed by atoms with Crippen molar-refractivity contribution in [1.82, 2.24) is 10.2 Å². The van der Waals surface area contributed by atoms with E-state index in [0.717, 1.165) is 54.1 Å². The van der Waals surface area contributed by atoms with Crippen LogP contribution in [0.15, 0.2) is 42.5 Å². The van der Waals surface area contributed by atoms with Gasteiger partial charge in [-0.2, -0.15) is 0 Å². The van der Waals surface area contributed by atoms with Gasteiger partial charge in [0, 0.05) is 19.6 Å². The maximum absolute atomic E-state index is 12.1. The Labute approximate surface area is 167 Å². The Kier molecular flexibility index (Phi) is 6.93. The molecule has 5 heteroatoms. The fourth-order valence-corrected chi connectivity index (χ4v) is 3.40. The van der Waals surface area contributed by atoms with Gasteiger partial charge in [0.1, 0.15) is 17.6 Å². The molecule has 0 radical (unpaired) electrons. The van der Waals surface area contributed by atoms with Crippen molar-refractivity contribution >= 4 is 5.91 Å². The van der Waals surface area contributed by atoms with Crippen LogP contribution >= 0.6 is 0 Å². The SMILES string of the molecule is Cc1cc(C)cc(OCC(=O)NCc2ccc(OC3CCN(C)CC3)cc2)c1. The van der Waals surface area contributed by atoms with Gasteiger partial charge in [0.2, 0.25) is 0 Å². The highest BCUT2D eigenvalue weighted by Gasteiger charge is 2.17. The number of nitrogens with zero attached hydrogens (tertiary/aromatic N) is 1. The minimum atomic E-state index is -0.134. The highest BCUT2D eigenvalue weighted by Crippen LogP contribution is 2.19. The minimum absolute atomic E-state index is 0.0141. The van der Waals surface area contributed by atoms with Crippen LogP contribution in [0.2, 0.25) is 0 Å². The Morgan fingerprint density at radius 1 is 1.04 bits per heavy atom. The van der Waals surface area contributed by atoms with Crippen LogP contribution in [0.3, 0.4) is 0 Å². The van der Waals surface area contributed by atoms with E-state index in [1.807, 2.05) is 50.2 Å². The molecule has 0 aliphatic carbocycles. The molecule has 0 bridgehead atoms. The Bertz CT molecular complexity index is 761. The molecule has 1 aliphatic heterocycles. The number of amides is 1. The molecule has 1 aliphatic rings. The highest BCUT2D eigenvalue weighted by molar-refractivity contribution is 5.77. The first-order chi connectivity index (χ1) is 13.5. The standard InChI is InChI=1S/C23H30N2O3/c1-17-12-18(2)14-22(13-17)27-16-23(26)24-15-19-4-6-20(7-5-19)28-21-8-10-25(3)11-9-21/h4-7,12-14,21H,8-11,15-16H2,1-3H3,(H,24,26). The van der Waals surface area contributed by atoms with E-state index in [1.54, 1.807) is 0 Å². The van der Waals surface area contributed by atoms with Crippen molar-refractivity contribution in [3.63, 3.8) is 0 Å². The number of hydrogen-bond acceptors (Lipinski definition) is 4. The van der Waals surface area contributed by atoms with Gasteiger partial charge >= 0.3 is 0 Å². The van der Waals surface area contributed by atoms with E-state index in [0.29, 0.717) is 12.6 Å². The number of carbonyl (C=O) groups is 1. The first kappa shape index (κ1) is 20.2. The Hall–Kier alpha value is -2.53. The Balaban J connectivity index is 1.41. The number of ether oxygens (including phenoxy) is 2. The van der Waals surface area contributed by atoms with Crippen LogP contribution in [0.5, 0.6) is 11.5 Å². The fourth-order valence-electron chi connectivity index (χ4n) is 3.40. The highest BCUT2D eigenvalue weighted by atomic mass is 16.5. The maximum Gasteiger partial charge on any atom is 0.258 e. The van der Waals surface area contributed by atoms with Gasteiger partial charge in [0.25, 0.3) is 5.91 Å². The Morgan fingerprint density at radius 3 is 2.32 bits per heavy atom. The van der Waals surface area contributed by atoms with E-state index in [1.165, 1.54) is 0 Å². The quantitative estimate of drug-likeness (QED) is 0.797. The van der Waals surface area contributed by atoms with E-state index in [-0.39, 0.29) is 12.5 Å². The van der Waals surface area contributed by atoms with Crippen LogP contribution in [0.25, 0.3) is 0 Å². The number of nitrogens with one attached hydrogen (secondary N) is 1. The second-order valence-corrected chi connectivity index (χ2v) is 7.65. The monoisotopic (exact) mass is 382 g/mol. The van der Waals surface area contributed by atoms with Crippen molar-refractivity contribution in [2.24, 2.45) is 0 Å². The summed E-state index contributed by atoms with van der Waals surface area (Å²) in [7, 11) is 2.15. The third kappa shape index (κ3) is 6.27. The average Bonchev–Trinajstić information content (AvgIpc) is 2.67. The lowest BCUT2D eigenvalue weighted by Crippen LogP contribution is -2.35. The molecule has 0 spiro atoms. The molecule has 0 atom stereocenters. The van der Waals surface area contributed by atoms with Gasteiger partial charge in [-0.15, -0.1) is 0 Å². The number of piperidine rings is 1. The van der Waals surface area contributed by atoms with Crippen molar-refractivity contribution < 1.29 is 14.3 Å². The summed E-state index contributed by atoms with van der Waals surface area (Å²) < 4.78 is 11.7. The van der Waals surface area contributed by atoms with Crippen LogP contribution in [-0.4, -0.2) is 43.7 Å². The Morgan fingerprint density at radius 2 is 1.68 bits per heavy atom. The molecule has 1 N–H and O–H groups in total. The third-order valence-corrected chi connectivity index (χ3v) is 4.95. The second kappa shape index (κ2) is 9.60. The molecule has 2 aromatic rings. The van der Waals surface area contributed by atoms with Crippen molar-refractivity contribution in [3.8, 4) is 11.5 Å². The molecule has 1 amide bonds. The smallest absolute Gasteiger partial charge is 0.258 e. The van der Waals surface area contributed by atoms with Crippen LogP contribution < -0.4 is 14.8 Å². The first-order valence-electron chi connectivity index (χ1n) is 9.90. The molecule has 1 saturated heterocycles. The molecule has 1 fully saturated rings. The predicted molar refractivity (Wildman–Crippen MR) is 111 cm³/mol. The molecule has 0 saturated carbocycles. The van der Waals surface area contributed by atoms with Gasteiger partial charge in [0.15, 0.2) is 6.61 Å². The molecule has 5 nitrogen and oxygen atoms in total. The van der Waals surface area contributed by atoms with Gasteiger partial charge < -0.3 is 19.7 Å². The van der Waals surface area contributed by atoms with Crippen LogP contribution in [0.1, 0.15) is 29.5 Å². The molecule has 2 aromatic carbocycles. The molecular formula is C23H30N2O3. The summed E-state index contributed by atoms with van der Waals surface area (Å²) >= 11 is 0. The molecular weight excluding hydrogens is 352 g/mol. The molecule has 28 heavy (non-hydrogen) atoms. The molecule has 1 heterocycles. The topological polar surface area (TPSA) is 50.8 Å². The van der Waals surface area contributed by atoms with E-state index < -0.39 is 0 Å². The van der Waals surface area contributed by atoms with Gasteiger partial charge in [-0.1, -0.05) is 18.2 Å². The molecule has 0 unspecified atom stereocenters. The van der Waals surface area contributed by atoms with Crippen molar-refractivity contribution in [2.75, 3.05) is 26.7 Å². The summed E-state index contributed by atoms with van der Waals surface area (Å²) in [6, 6.07) is 13.9. The van der Waals surface area contributed by atoms with Gasteiger partial charge in [-0.3, -0.25) is 4.79 Å². The second-order valence-electron chi connectivity index (χ2n) is 7.65.